The molecule has 0 bridgehead atoms. The van der Waals surface area contributed by atoms with Gasteiger partial charge < -0.3 is 29.4 Å². The molecule has 0 radical (unpaired) electrons. The zero-order chi connectivity index (χ0) is 32.4. The van der Waals surface area contributed by atoms with Gasteiger partial charge in [0, 0.05) is 47.7 Å². The van der Waals surface area contributed by atoms with Gasteiger partial charge in [0.25, 0.3) is 5.91 Å². The number of nitrogens with one attached hydrogen (secondary N) is 1. The fourth-order valence-corrected chi connectivity index (χ4v) is 5.48. The topological polar surface area (TPSA) is 98.6 Å². The van der Waals surface area contributed by atoms with Crippen LogP contribution in [0.2, 0.25) is 0 Å². The highest BCUT2D eigenvalue weighted by atomic mass is 79.9. The minimum Gasteiger partial charge on any atom is -0.497 e. The molecule has 4 aromatic carbocycles. The molecular weight excluding hydrogens is 648 g/mol. The second-order valence-corrected chi connectivity index (χ2v) is 11.6. The lowest BCUT2D eigenvalue weighted by Crippen LogP contribution is -2.47. The Labute approximate surface area is 277 Å². The first kappa shape index (κ1) is 32.8. The fraction of sp³-hybridized carbons (Fsp3) is 0.243. The van der Waals surface area contributed by atoms with Crippen LogP contribution >= 0.6 is 15.9 Å². The van der Waals surface area contributed by atoms with Gasteiger partial charge in [-0.25, -0.2) is 4.99 Å². The number of hydrogen-bond acceptors (Lipinski definition) is 7. The Kier molecular flexibility index (Phi) is 11.1. The molecule has 0 saturated carbocycles. The lowest BCUT2D eigenvalue weighted by molar-refractivity contribution is -0.129. The van der Waals surface area contributed by atoms with Crippen molar-refractivity contribution in [3.05, 3.63) is 130 Å². The predicted molar refractivity (Wildman–Crippen MR) is 182 cm³/mol. The predicted octanol–water partition coefficient (Wildman–Crippen LogP) is 6.90. The second kappa shape index (κ2) is 15.6. The summed E-state index contributed by atoms with van der Waals surface area (Å²) in [6.45, 7) is 0.692. The number of methoxy groups -OCH3 is 2. The SMILES string of the molecule is COc1ccc(CNC(=O)[C@]2(C/C=C/c3ccccc3)N=C(c3ccc(OCCCO)cc3)O[C@@H]2c2ccc(Br)cc2)c(OC)c1. The number of carbonyl (C=O) groups is 1. The summed E-state index contributed by atoms with van der Waals surface area (Å²) in [5, 5.41) is 12.2. The zero-order valence-electron chi connectivity index (χ0n) is 25.8. The molecule has 238 valence electrons. The van der Waals surface area contributed by atoms with Crippen LogP contribution in [0.15, 0.2) is 113 Å². The molecule has 1 amide bonds. The Morgan fingerprint density at radius 1 is 0.978 bits per heavy atom. The van der Waals surface area contributed by atoms with Crippen LogP contribution in [0.1, 0.15) is 41.2 Å². The summed E-state index contributed by atoms with van der Waals surface area (Å²) in [5.41, 5.74) is 2.02. The number of aliphatic hydroxyl groups excluding tert-OH is 1. The number of halogens is 1. The third kappa shape index (κ3) is 7.78. The average molecular weight is 686 g/mol. The molecule has 2 N–H and O–H groups in total. The third-order valence-corrected chi connectivity index (χ3v) is 8.20. The monoisotopic (exact) mass is 684 g/mol. The van der Waals surface area contributed by atoms with E-state index in [1.807, 2.05) is 103 Å². The van der Waals surface area contributed by atoms with E-state index in [1.165, 1.54) is 0 Å². The van der Waals surface area contributed by atoms with Gasteiger partial charge in [0.15, 0.2) is 11.6 Å². The van der Waals surface area contributed by atoms with E-state index in [9.17, 15) is 4.79 Å². The van der Waals surface area contributed by atoms with Crippen LogP contribution in [0, 0.1) is 0 Å². The van der Waals surface area contributed by atoms with Crippen molar-refractivity contribution in [3.63, 3.8) is 0 Å². The molecule has 46 heavy (non-hydrogen) atoms. The number of benzene rings is 4. The summed E-state index contributed by atoms with van der Waals surface area (Å²) in [6, 6.07) is 30.6. The van der Waals surface area contributed by atoms with Gasteiger partial charge in [0.05, 0.1) is 20.8 Å². The highest BCUT2D eigenvalue weighted by Gasteiger charge is 2.52. The highest BCUT2D eigenvalue weighted by Crippen LogP contribution is 2.43. The van der Waals surface area contributed by atoms with Gasteiger partial charge in [-0.15, -0.1) is 0 Å². The van der Waals surface area contributed by atoms with Crippen LogP contribution in [0.3, 0.4) is 0 Å². The Balaban J connectivity index is 1.52. The maximum Gasteiger partial charge on any atom is 0.252 e. The van der Waals surface area contributed by atoms with Crippen LogP contribution in [0.4, 0.5) is 0 Å². The summed E-state index contributed by atoms with van der Waals surface area (Å²) < 4.78 is 24.2. The van der Waals surface area contributed by atoms with Crippen molar-refractivity contribution in [2.24, 2.45) is 4.99 Å². The van der Waals surface area contributed by atoms with Gasteiger partial charge in [0.2, 0.25) is 5.90 Å². The van der Waals surface area contributed by atoms with Gasteiger partial charge in [-0.2, -0.15) is 0 Å². The largest absolute Gasteiger partial charge is 0.497 e. The molecule has 0 fully saturated rings. The van der Waals surface area contributed by atoms with Crippen LogP contribution in [0.5, 0.6) is 17.2 Å². The summed E-state index contributed by atoms with van der Waals surface area (Å²) in [7, 11) is 3.18. The number of rotatable bonds is 14. The van der Waals surface area contributed by atoms with Crippen molar-refractivity contribution in [2.75, 3.05) is 27.4 Å². The first-order valence-electron chi connectivity index (χ1n) is 15.0. The molecule has 8 nitrogen and oxygen atoms in total. The van der Waals surface area contributed by atoms with E-state index in [1.54, 1.807) is 20.3 Å². The van der Waals surface area contributed by atoms with Crippen LogP contribution in [0.25, 0.3) is 6.08 Å². The van der Waals surface area contributed by atoms with Gasteiger partial charge >= 0.3 is 0 Å². The Bertz CT molecular complexity index is 1660. The molecule has 4 aromatic rings. The molecule has 2 atom stereocenters. The minimum atomic E-state index is -1.33. The lowest BCUT2D eigenvalue weighted by Gasteiger charge is -2.30. The molecule has 0 saturated heterocycles. The molecular formula is C37H37BrN2O6. The highest BCUT2D eigenvalue weighted by molar-refractivity contribution is 9.10. The van der Waals surface area contributed by atoms with Crippen molar-refractivity contribution in [3.8, 4) is 17.2 Å². The van der Waals surface area contributed by atoms with E-state index in [0.717, 1.165) is 26.7 Å². The smallest absolute Gasteiger partial charge is 0.252 e. The first-order valence-corrected chi connectivity index (χ1v) is 15.8. The van der Waals surface area contributed by atoms with E-state index in [0.29, 0.717) is 36.2 Å². The normalized spacial score (nSPS) is 17.3. The van der Waals surface area contributed by atoms with Gasteiger partial charge in [-0.1, -0.05) is 70.5 Å². The van der Waals surface area contributed by atoms with Crippen LogP contribution in [-0.2, 0) is 16.1 Å². The molecule has 1 aliphatic rings. The maximum absolute atomic E-state index is 14.5. The number of carbonyl (C=O) groups excluding carboxylic acids is 1. The quantitative estimate of drug-likeness (QED) is 0.140. The molecule has 0 unspecified atom stereocenters. The van der Waals surface area contributed by atoms with E-state index in [4.69, 9.17) is 29.0 Å². The number of ether oxygens (including phenoxy) is 4. The third-order valence-electron chi connectivity index (χ3n) is 7.68. The number of hydrogen-bond donors (Lipinski definition) is 2. The zero-order valence-corrected chi connectivity index (χ0v) is 27.4. The summed E-state index contributed by atoms with van der Waals surface area (Å²) in [4.78, 5) is 19.6. The number of nitrogens with zero attached hydrogens (tertiary/aromatic N) is 1. The van der Waals surface area contributed by atoms with E-state index in [2.05, 4.69) is 21.2 Å². The Hall–Kier alpha value is -4.60. The standard InChI is InChI=1S/C37H37BrN2O6/c1-43-32-20-15-29(33(24-32)44-2)25-39-36(42)37(21-6-10-26-8-4-3-5-9-26)34(27-11-16-30(38)17-12-27)46-35(40-37)28-13-18-31(19-14-28)45-23-7-22-41/h3-6,8-20,24,34,41H,7,21-23,25H2,1-2H3,(H,39,42)/b10-6+/t34-,37-/m1/s1. The minimum absolute atomic E-state index is 0.0638. The Morgan fingerprint density at radius 2 is 1.72 bits per heavy atom. The molecule has 0 aliphatic carbocycles. The molecule has 0 spiro atoms. The van der Waals surface area contributed by atoms with Crippen molar-refractivity contribution in [1.82, 2.24) is 5.32 Å². The van der Waals surface area contributed by atoms with Gasteiger partial charge in [-0.3, -0.25) is 4.79 Å². The van der Waals surface area contributed by atoms with E-state index < -0.39 is 11.6 Å². The summed E-state index contributed by atoms with van der Waals surface area (Å²) >= 11 is 3.53. The summed E-state index contributed by atoms with van der Waals surface area (Å²) in [6.07, 6.45) is 4.08. The number of aliphatic imine (C=N–C) groups is 1. The molecule has 5 rings (SSSR count). The second-order valence-electron chi connectivity index (χ2n) is 10.7. The molecule has 1 aliphatic heterocycles. The fourth-order valence-electron chi connectivity index (χ4n) is 5.22. The molecule has 9 heteroatoms. The van der Waals surface area contributed by atoms with Crippen molar-refractivity contribution in [2.45, 2.75) is 31.0 Å². The van der Waals surface area contributed by atoms with E-state index in [-0.39, 0.29) is 25.5 Å². The van der Waals surface area contributed by atoms with Crippen molar-refractivity contribution >= 4 is 33.8 Å². The number of aliphatic hydroxyl groups is 1. The van der Waals surface area contributed by atoms with Crippen LogP contribution < -0.4 is 19.5 Å². The average Bonchev–Trinajstić information content (AvgIpc) is 3.49. The lowest BCUT2D eigenvalue weighted by atomic mass is 9.84. The van der Waals surface area contributed by atoms with Gasteiger partial charge in [0.1, 0.15) is 17.2 Å². The molecule has 0 aromatic heterocycles. The first-order chi connectivity index (χ1) is 22.5. The summed E-state index contributed by atoms with van der Waals surface area (Å²) in [5.74, 6) is 2.02. The maximum atomic E-state index is 14.5. The molecule has 1 heterocycles. The van der Waals surface area contributed by atoms with Crippen molar-refractivity contribution < 1.29 is 28.8 Å². The van der Waals surface area contributed by atoms with E-state index >= 15 is 0 Å². The van der Waals surface area contributed by atoms with Crippen LogP contribution in [-0.4, -0.2) is 49.9 Å². The Morgan fingerprint density at radius 3 is 2.41 bits per heavy atom. The number of amides is 1. The van der Waals surface area contributed by atoms with Gasteiger partial charge in [-0.05, 0) is 59.7 Å². The van der Waals surface area contributed by atoms with Crippen molar-refractivity contribution in [1.29, 1.82) is 0 Å².